The van der Waals surface area contributed by atoms with Crippen LogP contribution in [0.5, 0.6) is 5.88 Å². The van der Waals surface area contributed by atoms with Crippen molar-refractivity contribution in [1.29, 1.82) is 0 Å². The molecular formula is C15H11NO4. The molecule has 0 atom stereocenters. The van der Waals surface area contributed by atoms with Crippen molar-refractivity contribution >= 4 is 16.7 Å². The number of carboxylic acids is 1. The first-order valence-electron chi connectivity index (χ1n) is 6.02. The number of ether oxygens (including phenoxy) is 1. The van der Waals surface area contributed by atoms with Gasteiger partial charge in [0.15, 0.2) is 0 Å². The van der Waals surface area contributed by atoms with Gasteiger partial charge in [0, 0.05) is 17.0 Å². The summed E-state index contributed by atoms with van der Waals surface area (Å²) in [4.78, 5) is 15.3. The van der Waals surface area contributed by atoms with Crippen LogP contribution in [-0.2, 0) is 6.61 Å². The molecule has 0 aliphatic rings. The Kier molecular flexibility index (Phi) is 3.09. The zero-order valence-electron chi connectivity index (χ0n) is 10.4. The maximum atomic E-state index is 11.2. The van der Waals surface area contributed by atoms with Crippen LogP contribution in [0.15, 0.2) is 53.3 Å². The number of fused-ring (bicyclic) bond motifs is 1. The average Bonchev–Trinajstić information content (AvgIpc) is 2.97. The van der Waals surface area contributed by atoms with E-state index in [2.05, 4.69) is 4.98 Å². The van der Waals surface area contributed by atoms with E-state index in [1.807, 2.05) is 6.07 Å². The molecule has 0 aliphatic heterocycles. The molecule has 0 fully saturated rings. The highest BCUT2D eigenvalue weighted by atomic mass is 16.5. The summed E-state index contributed by atoms with van der Waals surface area (Å²) in [5.41, 5.74) is 0.158. The van der Waals surface area contributed by atoms with E-state index >= 15 is 0 Å². The highest BCUT2D eigenvalue weighted by Crippen LogP contribution is 2.26. The van der Waals surface area contributed by atoms with E-state index < -0.39 is 5.97 Å². The zero-order chi connectivity index (χ0) is 13.9. The molecule has 2 heterocycles. The van der Waals surface area contributed by atoms with Crippen LogP contribution < -0.4 is 4.74 Å². The normalized spacial score (nSPS) is 10.6. The second-order valence-electron chi connectivity index (χ2n) is 4.20. The fourth-order valence-electron chi connectivity index (χ4n) is 1.99. The van der Waals surface area contributed by atoms with Crippen molar-refractivity contribution in [3.8, 4) is 5.88 Å². The molecule has 100 valence electrons. The highest BCUT2D eigenvalue weighted by Gasteiger charge is 2.13. The van der Waals surface area contributed by atoms with Crippen molar-refractivity contribution in [2.45, 2.75) is 6.61 Å². The van der Waals surface area contributed by atoms with Crippen molar-refractivity contribution in [2.24, 2.45) is 0 Å². The number of pyridine rings is 1. The number of benzene rings is 1. The smallest absolute Gasteiger partial charge is 0.337 e. The maximum absolute atomic E-state index is 11.2. The first kappa shape index (κ1) is 12.2. The predicted octanol–water partition coefficient (Wildman–Crippen LogP) is 3.11. The molecule has 20 heavy (non-hydrogen) atoms. The quantitative estimate of drug-likeness (QED) is 0.787. The SMILES string of the molecule is O=C(O)c1cnc(OCc2ccco2)c2ccccc12. The van der Waals surface area contributed by atoms with Crippen LogP contribution in [0, 0.1) is 0 Å². The number of rotatable bonds is 4. The van der Waals surface area contributed by atoms with Crippen LogP contribution in [0.1, 0.15) is 16.1 Å². The van der Waals surface area contributed by atoms with Gasteiger partial charge in [-0.1, -0.05) is 18.2 Å². The summed E-state index contributed by atoms with van der Waals surface area (Å²) in [7, 11) is 0. The van der Waals surface area contributed by atoms with E-state index in [1.165, 1.54) is 6.20 Å². The number of hydrogen-bond acceptors (Lipinski definition) is 4. The minimum absolute atomic E-state index is 0.158. The van der Waals surface area contributed by atoms with Gasteiger partial charge in [-0.3, -0.25) is 0 Å². The number of carbonyl (C=O) groups is 1. The van der Waals surface area contributed by atoms with E-state index in [9.17, 15) is 4.79 Å². The van der Waals surface area contributed by atoms with Crippen molar-refractivity contribution in [1.82, 2.24) is 4.98 Å². The van der Waals surface area contributed by atoms with E-state index in [1.54, 1.807) is 36.6 Å². The number of furan rings is 1. The summed E-state index contributed by atoms with van der Waals surface area (Å²) in [6.07, 6.45) is 2.87. The van der Waals surface area contributed by atoms with Crippen LogP contribution in [0.3, 0.4) is 0 Å². The molecule has 0 radical (unpaired) electrons. The van der Waals surface area contributed by atoms with Crippen LogP contribution >= 0.6 is 0 Å². The lowest BCUT2D eigenvalue weighted by Gasteiger charge is -2.08. The number of aromatic nitrogens is 1. The van der Waals surface area contributed by atoms with Gasteiger partial charge in [0.1, 0.15) is 12.4 Å². The second-order valence-corrected chi connectivity index (χ2v) is 4.20. The number of aromatic carboxylic acids is 1. The Hall–Kier alpha value is -2.82. The summed E-state index contributed by atoms with van der Waals surface area (Å²) in [5, 5.41) is 10.4. The largest absolute Gasteiger partial charge is 0.478 e. The van der Waals surface area contributed by atoms with Gasteiger partial charge in [-0.25, -0.2) is 9.78 Å². The minimum Gasteiger partial charge on any atom is -0.478 e. The van der Waals surface area contributed by atoms with Crippen molar-refractivity contribution in [2.75, 3.05) is 0 Å². The molecule has 0 unspecified atom stereocenters. The number of carboxylic acid groups (broad SMARTS) is 1. The van der Waals surface area contributed by atoms with Crippen LogP contribution in [0.25, 0.3) is 10.8 Å². The molecule has 0 aliphatic carbocycles. The van der Waals surface area contributed by atoms with Crippen molar-refractivity contribution in [3.63, 3.8) is 0 Å². The van der Waals surface area contributed by atoms with Crippen molar-refractivity contribution < 1.29 is 19.1 Å². The second kappa shape index (κ2) is 5.05. The molecular weight excluding hydrogens is 258 g/mol. The Balaban J connectivity index is 1.99. The average molecular weight is 269 g/mol. The lowest BCUT2D eigenvalue weighted by atomic mass is 10.1. The molecule has 0 spiro atoms. The third-order valence-electron chi connectivity index (χ3n) is 2.92. The molecule has 0 bridgehead atoms. The first-order chi connectivity index (χ1) is 9.75. The Labute approximate surface area is 114 Å². The van der Waals surface area contributed by atoms with Gasteiger partial charge in [-0.15, -0.1) is 0 Å². The molecule has 3 rings (SSSR count). The molecule has 3 aromatic rings. The van der Waals surface area contributed by atoms with Gasteiger partial charge < -0.3 is 14.3 Å². The van der Waals surface area contributed by atoms with Gasteiger partial charge in [-0.05, 0) is 18.2 Å². The van der Waals surface area contributed by atoms with Gasteiger partial charge in [0.05, 0.1) is 11.8 Å². The molecule has 5 heteroatoms. The molecule has 2 aromatic heterocycles. The lowest BCUT2D eigenvalue weighted by molar-refractivity contribution is 0.0698. The van der Waals surface area contributed by atoms with E-state index in [0.717, 1.165) is 0 Å². The molecule has 1 aromatic carbocycles. The predicted molar refractivity (Wildman–Crippen MR) is 71.7 cm³/mol. The topological polar surface area (TPSA) is 72.6 Å². The van der Waals surface area contributed by atoms with Crippen LogP contribution in [0.2, 0.25) is 0 Å². The summed E-state index contributed by atoms with van der Waals surface area (Å²) in [6, 6.07) is 10.7. The molecule has 1 N–H and O–H groups in total. The monoisotopic (exact) mass is 269 g/mol. The van der Waals surface area contributed by atoms with Gasteiger partial charge in [0.25, 0.3) is 0 Å². The Morgan fingerprint density at radius 2 is 2.00 bits per heavy atom. The third kappa shape index (κ3) is 2.21. The zero-order valence-corrected chi connectivity index (χ0v) is 10.4. The summed E-state index contributed by atoms with van der Waals surface area (Å²) in [5.74, 6) is 0.0616. The van der Waals surface area contributed by atoms with E-state index in [-0.39, 0.29) is 12.2 Å². The minimum atomic E-state index is -1.01. The van der Waals surface area contributed by atoms with E-state index in [0.29, 0.717) is 22.4 Å². The van der Waals surface area contributed by atoms with Crippen LogP contribution in [0.4, 0.5) is 0 Å². The Bertz CT molecular complexity index is 750. The van der Waals surface area contributed by atoms with Crippen LogP contribution in [-0.4, -0.2) is 16.1 Å². The molecule has 0 saturated heterocycles. The third-order valence-corrected chi connectivity index (χ3v) is 2.92. The van der Waals surface area contributed by atoms with Gasteiger partial charge in [-0.2, -0.15) is 0 Å². The fourth-order valence-corrected chi connectivity index (χ4v) is 1.99. The number of hydrogen-bond donors (Lipinski definition) is 1. The Morgan fingerprint density at radius 1 is 1.20 bits per heavy atom. The fraction of sp³-hybridized carbons (Fsp3) is 0.0667. The van der Waals surface area contributed by atoms with Crippen molar-refractivity contribution in [3.05, 3.63) is 60.2 Å². The molecule has 0 amide bonds. The standard InChI is InChI=1S/C15H11NO4/c17-15(18)13-8-16-14(12-6-2-1-5-11(12)13)20-9-10-4-3-7-19-10/h1-8H,9H2,(H,17,18). The first-order valence-corrected chi connectivity index (χ1v) is 6.02. The molecule has 5 nitrogen and oxygen atoms in total. The number of nitrogens with zero attached hydrogens (tertiary/aromatic N) is 1. The lowest BCUT2D eigenvalue weighted by Crippen LogP contribution is -2.02. The Morgan fingerprint density at radius 3 is 2.70 bits per heavy atom. The maximum Gasteiger partial charge on any atom is 0.337 e. The molecule has 0 saturated carbocycles. The summed E-state index contributed by atoms with van der Waals surface area (Å²) in [6.45, 7) is 0.246. The summed E-state index contributed by atoms with van der Waals surface area (Å²) < 4.78 is 10.8. The van der Waals surface area contributed by atoms with E-state index in [4.69, 9.17) is 14.3 Å². The van der Waals surface area contributed by atoms with Gasteiger partial charge >= 0.3 is 5.97 Å². The summed E-state index contributed by atoms with van der Waals surface area (Å²) >= 11 is 0. The van der Waals surface area contributed by atoms with Gasteiger partial charge in [0.2, 0.25) is 5.88 Å². The highest BCUT2D eigenvalue weighted by molar-refractivity contribution is 6.04.